The molecular formula is C16H20FN3O3. The number of carbonyl (C=O) groups is 3. The molecule has 0 atom stereocenters. The Morgan fingerprint density at radius 3 is 2.78 bits per heavy atom. The highest BCUT2D eigenvalue weighted by Crippen LogP contribution is 2.09. The lowest BCUT2D eigenvalue weighted by atomic mass is 10.2. The highest BCUT2D eigenvalue weighted by atomic mass is 19.1. The van der Waals surface area contributed by atoms with Crippen LogP contribution in [0.1, 0.15) is 29.6 Å². The predicted octanol–water partition coefficient (Wildman–Crippen LogP) is 0.684. The molecule has 124 valence electrons. The van der Waals surface area contributed by atoms with E-state index in [2.05, 4.69) is 10.6 Å². The summed E-state index contributed by atoms with van der Waals surface area (Å²) in [7, 11) is 0. The van der Waals surface area contributed by atoms with Gasteiger partial charge in [0, 0.05) is 31.6 Å². The van der Waals surface area contributed by atoms with Crippen molar-refractivity contribution in [1.29, 1.82) is 0 Å². The summed E-state index contributed by atoms with van der Waals surface area (Å²) in [4.78, 5) is 36.6. The smallest absolute Gasteiger partial charge is 0.251 e. The number of amides is 3. The molecule has 7 heteroatoms. The molecule has 1 fully saturated rings. The van der Waals surface area contributed by atoms with Crippen molar-refractivity contribution in [2.75, 3.05) is 26.2 Å². The Balaban J connectivity index is 1.61. The van der Waals surface area contributed by atoms with Crippen LogP contribution < -0.4 is 10.6 Å². The minimum Gasteiger partial charge on any atom is -0.355 e. The standard InChI is InChI=1S/C16H20FN3O3/c17-13-5-1-4-12(10-13)16(23)19-11-14(21)18-7-3-9-20-8-2-6-15(20)22/h1,4-5,10H,2-3,6-9,11H2,(H,18,21)(H,19,23). The lowest BCUT2D eigenvalue weighted by Crippen LogP contribution is -2.38. The van der Waals surface area contributed by atoms with E-state index in [4.69, 9.17) is 0 Å². The van der Waals surface area contributed by atoms with E-state index in [9.17, 15) is 18.8 Å². The summed E-state index contributed by atoms with van der Waals surface area (Å²) >= 11 is 0. The van der Waals surface area contributed by atoms with Crippen LogP contribution in [0.5, 0.6) is 0 Å². The van der Waals surface area contributed by atoms with Crippen LogP contribution in [-0.4, -0.2) is 48.8 Å². The molecule has 3 amide bonds. The molecular weight excluding hydrogens is 301 g/mol. The Morgan fingerprint density at radius 1 is 1.26 bits per heavy atom. The molecule has 0 aliphatic carbocycles. The van der Waals surface area contributed by atoms with Gasteiger partial charge < -0.3 is 15.5 Å². The predicted molar refractivity (Wildman–Crippen MR) is 82.2 cm³/mol. The van der Waals surface area contributed by atoms with Crippen LogP contribution in [0, 0.1) is 5.82 Å². The van der Waals surface area contributed by atoms with Crippen molar-refractivity contribution in [2.45, 2.75) is 19.3 Å². The van der Waals surface area contributed by atoms with Crippen LogP contribution in [0.4, 0.5) is 4.39 Å². The lowest BCUT2D eigenvalue weighted by Gasteiger charge is -2.15. The normalized spacial score (nSPS) is 14.0. The van der Waals surface area contributed by atoms with Crippen molar-refractivity contribution in [3.05, 3.63) is 35.6 Å². The highest BCUT2D eigenvalue weighted by molar-refractivity contribution is 5.96. The second kappa shape index (κ2) is 8.26. The summed E-state index contributed by atoms with van der Waals surface area (Å²) in [5.74, 6) is -1.15. The Morgan fingerprint density at radius 2 is 2.09 bits per heavy atom. The van der Waals surface area contributed by atoms with Crippen molar-refractivity contribution in [3.8, 4) is 0 Å². The van der Waals surface area contributed by atoms with Crippen LogP contribution in [0.3, 0.4) is 0 Å². The van der Waals surface area contributed by atoms with Crippen LogP contribution in [0.15, 0.2) is 24.3 Å². The third-order valence-corrected chi connectivity index (χ3v) is 3.59. The molecule has 23 heavy (non-hydrogen) atoms. The van der Waals surface area contributed by atoms with Gasteiger partial charge in [0.2, 0.25) is 11.8 Å². The summed E-state index contributed by atoms with van der Waals surface area (Å²) in [5.41, 5.74) is 0.172. The Kier molecular flexibility index (Phi) is 6.08. The molecule has 1 aliphatic rings. The second-order valence-corrected chi connectivity index (χ2v) is 5.38. The third kappa shape index (κ3) is 5.36. The van der Waals surface area contributed by atoms with E-state index in [0.717, 1.165) is 19.0 Å². The molecule has 1 aromatic carbocycles. The van der Waals surface area contributed by atoms with E-state index in [1.807, 2.05) is 0 Å². The summed E-state index contributed by atoms with van der Waals surface area (Å²) < 4.78 is 13.0. The van der Waals surface area contributed by atoms with Gasteiger partial charge in [-0.05, 0) is 31.0 Å². The fourth-order valence-corrected chi connectivity index (χ4v) is 2.39. The Hall–Kier alpha value is -2.44. The van der Waals surface area contributed by atoms with E-state index in [-0.39, 0.29) is 23.9 Å². The molecule has 1 saturated heterocycles. The molecule has 2 rings (SSSR count). The van der Waals surface area contributed by atoms with Crippen molar-refractivity contribution in [3.63, 3.8) is 0 Å². The summed E-state index contributed by atoms with van der Waals surface area (Å²) in [6.07, 6.45) is 2.19. The maximum Gasteiger partial charge on any atom is 0.251 e. The van der Waals surface area contributed by atoms with Crippen molar-refractivity contribution >= 4 is 17.7 Å². The molecule has 6 nitrogen and oxygen atoms in total. The number of benzene rings is 1. The van der Waals surface area contributed by atoms with Gasteiger partial charge >= 0.3 is 0 Å². The number of halogens is 1. The number of hydrogen-bond acceptors (Lipinski definition) is 3. The molecule has 0 bridgehead atoms. The highest BCUT2D eigenvalue weighted by Gasteiger charge is 2.19. The van der Waals surface area contributed by atoms with E-state index >= 15 is 0 Å². The Labute approximate surface area is 134 Å². The van der Waals surface area contributed by atoms with Crippen molar-refractivity contribution < 1.29 is 18.8 Å². The van der Waals surface area contributed by atoms with E-state index in [1.54, 1.807) is 4.90 Å². The monoisotopic (exact) mass is 321 g/mol. The van der Waals surface area contributed by atoms with Gasteiger partial charge in [0.25, 0.3) is 5.91 Å². The van der Waals surface area contributed by atoms with Crippen LogP contribution in [0.25, 0.3) is 0 Å². The number of nitrogens with one attached hydrogen (secondary N) is 2. The van der Waals surface area contributed by atoms with Crippen LogP contribution >= 0.6 is 0 Å². The largest absolute Gasteiger partial charge is 0.355 e. The molecule has 0 radical (unpaired) electrons. The first-order valence-corrected chi connectivity index (χ1v) is 7.64. The first kappa shape index (κ1) is 16.9. The topological polar surface area (TPSA) is 78.5 Å². The minimum atomic E-state index is -0.501. The molecule has 0 saturated carbocycles. The third-order valence-electron chi connectivity index (χ3n) is 3.59. The van der Waals surface area contributed by atoms with Gasteiger partial charge in [-0.3, -0.25) is 14.4 Å². The van der Waals surface area contributed by atoms with Gasteiger partial charge in [0.1, 0.15) is 5.82 Å². The molecule has 0 unspecified atom stereocenters. The summed E-state index contributed by atoms with van der Waals surface area (Å²) in [6.45, 7) is 1.70. The number of hydrogen-bond donors (Lipinski definition) is 2. The molecule has 1 aromatic rings. The average Bonchev–Trinajstić information content (AvgIpc) is 2.94. The maximum atomic E-state index is 13.0. The molecule has 0 spiro atoms. The van der Waals surface area contributed by atoms with Gasteiger partial charge in [-0.15, -0.1) is 0 Å². The van der Waals surface area contributed by atoms with Gasteiger partial charge in [-0.2, -0.15) is 0 Å². The van der Waals surface area contributed by atoms with Gasteiger partial charge in [0.05, 0.1) is 6.54 Å². The summed E-state index contributed by atoms with van der Waals surface area (Å²) in [6, 6.07) is 5.27. The van der Waals surface area contributed by atoms with E-state index in [0.29, 0.717) is 25.9 Å². The number of carbonyl (C=O) groups excluding carboxylic acids is 3. The van der Waals surface area contributed by atoms with E-state index in [1.165, 1.54) is 18.2 Å². The van der Waals surface area contributed by atoms with Crippen molar-refractivity contribution in [2.24, 2.45) is 0 Å². The number of rotatable bonds is 7. The Bertz CT molecular complexity index is 592. The number of nitrogens with zero attached hydrogens (tertiary/aromatic N) is 1. The molecule has 1 heterocycles. The minimum absolute atomic E-state index is 0.165. The zero-order chi connectivity index (χ0) is 16.7. The zero-order valence-corrected chi connectivity index (χ0v) is 12.8. The van der Waals surface area contributed by atoms with E-state index < -0.39 is 11.7 Å². The fraction of sp³-hybridized carbons (Fsp3) is 0.438. The van der Waals surface area contributed by atoms with Crippen LogP contribution in [-0.2, 0) is 9.59 Å². The van der Waals surface area contributed by atoms with Crippen LogP contribution in [0.2, 0.25) is 0 Å². The zero-order valence-electron chi connectivity index (χ0n) is 12.8. The second-order valence-electron chi connectivity index (χ2n) is 5.38. The number of likely N-dealkylation sites (tertiary alicyclic amines) is 1. The van der Waals surface area contributed by atoms with Gasteiger partial charge in [0.15, 0.2) is 0 Å². The molecule has 0 aromatic heterocycles. The first-order valence-electron chi connectivity index (χ1n) is 7.64. The molecule has 1 aliphatic heterocycles. The van der Waals surface area contributed by atoms with Gasteiger partial charge in [-0.1, -0.05) is 6.07 Å². The van der Waals surface area contributed by atoms with Crippen molar-refractivity contribution in [1.82, 2.24) is 15.5 Å². The first-order chi connectivity index (χ1) is 11.1. The SMILES string of the molecule is O=C(CNC(=O)c1cccc(F)c1)NCCCN1CCCC1=O. The average molecular weight is 321 g/mol. The maximum absolute atomic E-state index is 13.0. The van der Waals surface area contributed by atoms with Gasteiger partial charge in [-0.25, -0.2) is 4.39 Å². The summed E-state index contributed by atoms with van der Waals surface area (Å²) in [5, 5.41) is 5.11. The fourth-order valence-electron chi connectivity index (χ4n) is 2.39. The lowest BCUT2D eigenvalue weighted by molar-refractivity contribution is -0.127. The quantitative estimate of drug-likeness (QED) is 0.725. The molecule has 2 N–H and O–H groups in total.